The zero-order chi connectivity index (χ0) is 34.1. The lowest BCUT2D eigenvalue weighted by atomic mass is 9.45. The second kappa shape index (κ2) is 12.6. The maximum Gasteiger partial charge on any atom is 0.225 e. The lowest BCUT2D eigenvalue weighted by Gasteiger charge is -2.62. The summed E-state index contributed by atoms with van der Waals surface area (Å²) in [4.78, 5) is 27.5. The molecule has 7 rings (SSSR count). The van der Waals surface area contributed by atoms with Gasteiger partial charge in [-0.2, -0.15) is 0 Å². The minimum absolute atomic E-state index is 0.0289. The van der Waals surface area contributed by atoms with Crippen LogP contribution in [-0.2, 0) is 24.8 Å². The van der Waals surface area contributed by atoms with Crippen LogP contribution in [0.5, 0.6) is 0 Å². The van der Waals surface area contributed by atoms with Crippen LogP contribution in [0.2, 0.25) is 0 Å². The number of hydrogen-bond acceptors (Lipinski definition) is 8. The minimum atomic E-state index is -2.00. The first-order chi connectivity index (χ1) is 22.9. The molecule has 5 aliphatic rings. The van der Waals surface area contributed by atoms with Gasteiger partial charge in [0.05, 0.1) is 17.4 Å². The summed E-state index contributed by atoms with van der Waals surface area (Å²) in [7, 11) is 0. The van der Waals surface area contributed by atoms with Gasteiger partial charge in [-0.05, 0) is 94.4 Å². The summed E-state index contributed by atoms with van der Waals surface area (Å²) in [6, 6.07) is 16.9. The van der Waals surface area contributed by atoms with Gasteiger partial charge in [0.25, 0.3) is 0 Å². The SMILES string of the molecule is CC(C)Nc1ccc(SCc2ccc([C@@H]3O[C@@H]4C[C@H]5[C@@H]6CCC7=CC(=O)C=C[C@]7(C)[C@@]6(F)[C@@H](O)C[C@]5(C)[C@]4(C(=O)SCCl)O3)cc2)cc1. The highest BCUT2D eigenvalue weighted by molar-refractivity contribution is 8.14. The van der Waals surface area contributed by atoms with E-state index < -0.39 is 46.5 Å². The molecule has 1 aliphatic heterocycles. The number of alkyl halides is 2. The van der Waals surface area contributed by atoms with E-state index in [1.54, 1.807) is 24.8 Å². The first-order valence-electron chi connectivity index (χ1n) is 16.8. The second-order valence-electron chi connectivity index (χ2n) is 14.7. The van der Waals surface area contributed by atoms with Crippen LogP contribution < -0.4 is 5.32 Å². The van der Waals surface area contributed by atoms with Crippen molar-refractivity contribution < 1.29 is 28.6 Å². The van der Waals surface area contributed by atoms with Crippen molar-refractivity contribution in [1.29, 1.82) is 0 Å². The van der Waals surface area contributed by atoms with Crippen LogP contribution in [-0.4, -0.2) is 50.7 Å². The topological polar surface area (TPSA) is 84.9 Å². The molecule has 4 aliphatic carbocycles. The molecule has 6 nitrogen and oxygen atoms in total. The molecular formula is C38H43ClFNO5S2. The van der Waals surface area contributed by atoms with Crippen LogP contribution in [0.3, 0.4) is 0 Å². The van der Waals surface area contributed by atoms with Crippen LogP contribution in [0.15, 0.2) is 77.2 Å². The molecule has 10 heteroatoms. The molecule has 48 heavy (non-hydrogen) atoms. The molecule has 2 aromatic carbocycles. The number of aliphatic hydroxyl groups is 1. The summed E-state index contributed by atoms with van der Waals surface area (Å²) >= 11 is 8.86. The third-order valence-corrected chi connectivity index (χ3v) is 13.9. The van der Waals surface area contributed by atoms with Crippen molar-refractivity contribution in [3.8, 4) is 0 Å². The van der Waals surface area contributed by atoms with Gasteiger partial charge in [0, 0.05) is 44.7 Å². The third kappa shape index (κ3) is 5.17. The van der Waals surface area contributed by atoms with E-state index in [9.17, 15) is 14.7 Å². The minimum Gasteiger partial charge on any atom is -0.390 e. The van der Waals surface area contributed by atoms with E-state index >= 15 is 4.39 Å². The predicted octanol–water partition coefficient (Wildman–Crippen LogP) is 8.39. The number of carbonyl (C=O) groups is 2. The van der Waals surface area contributed by atoms with Gasteiger partial charge < -0.3 is 19.9 Å². The number of benzene rings is 2. The summed E-state index contributed by atoms with van der Waals surface area (Å²) in [6.07, 6.45) is 3.32. The largest absolute Gasteiger partial charge is 0.390 e. The Morgan fingerprint density at radius 3 is 2.54 bits per heavy atom. The van der Waals surface area contributed by atoms with Gasteiger partial charge in [-0.15, -0.1) is 23.4 Å². The summed E-state index contributed by atoms with van der Waals surface area (Å²) in [5, 5.41) is 15.0. The van der Waals surface area contributed by atoms with Gasteiger partial charge in [0.2, 0.25) is 5.12 Å². The van der Waals surface area contributed by atoms with Crippen LogP contribution in [0, 0.1) is 22.7 Å². The summed E-state index contributed by atoms with van der Waals surface area (Å²) < 4.78 is 31.1. The zero-order valence-corrected chi connectivity index (χ0v) is 30.1. The Morgan fingerprint density at radius 2 is 1.85 bits per heavy atom. The Morgan fingerprint density at radius 1 is 1.12 bits per heavy atom. The number of hydrogen-bond donors (Lipinski definition) is 2. The number of carbonyl (C=O) groups excluding carboxylic acids is 2. The molecule has 0 unspecified atom stereocenters. The summed E-state index contributed by atoms with van der Waals surface area (Å²) in [5.74, 6) is -0.185. The number of ketones is 1. The molecule has 0 spiro atoms. The molecule has 256 valence electrons. The summed E-state index contributed by atoms with van der Waals surface area (Å²) in [6.45, 7) is 8.00. The van der Waals surface area contributed by atoms with E-state index in [2.05, 4.69) is 55.6 Å². The van der Waals surface area contributed by atoms with Crippen LogP contribution in [0.1, 0.15) is 70.8 Å². The van der Waals surface area contributed by atoms with Crippen molar-refractivity contribution in [2.45, 2.75) is 99.8 Å². The van der Waals surface area contributed by atoms with E-state index in [4.69, 9.17) is 21.1 Å². The fraction of sp³-hybridized carbons (Fsp3) is 0.526. The van der Waals surface area contributed by atoms with Crippen molar-refractivity contribution >= 4 is 51.7 Å². The highest BCUT2D eigenvalue weighted by Crippen LogP contribution is 2.73. The number of ether oxygens (including phenoxy) is 2. The van der Waals surface area contributed by atoms with Gasteiger partial charge in [-0.3, -0.25) is 9.59 Å². The number of halogens is 2. The highest BCUT2D eigenvalue weighted by Gasteiger charge is 2.79. The van der Waals surface area contributed by atoms with Crippen molar-refractivity contribution in [3.05, 3.63) is 83.5 Å². The van der Waals surface area contributed by atoms with Crippen LogP contribution in [0.4, 0.5) is 10.1 Å². The Hall–Kier alpha value is -2.14. The van der Waals surface area contributed by atoms with Gasteiger partial charge >= 0.3 is 0 Å². The number of anilines is 1. The Balaban J connectivity index is 1.12. The Bertz CT molecular complexity index is 1650. The Labute approximate surface area is 295 Å². The maximum absolute atomic E-state index is 17.7. The highest BCUT2D eigenvalue weighted by atomic mass is 35.5. The molecule has 2 N–H and O–H groups in total. The van der Waals surface area contributed by atoms with E-state index in [-0.39, 0.29) is 28.4 Å². The molecule has 0 aromatic heterocycles. The molecule has 3 saturated carbocycles. The molecule has 1 saturated heterocycles. The predicted molar refractivity (Wildman–Crippen MR) is 190 cm³/mol. The Kier molecular flexibility index (Phi) is 8.99. The molecular weight excluding hydrogens is 669 g/mol. The summed E-state index contributed by atoms with van der Waals surface area (Å²) in [5.41, 5.74) is -1.62. The molecule has 1 heterocycles. The molecule has 9 atom stereocenters. The lowest BCUT2D eigenvalue weighted by molar-refractivity contribution is -0.228. The first-order valence-corrected chi connectivity index (χ1v) is 19.3. The van der Waals surface area contributed by atoms with E-state index in [1.165, 1.54) is 17.0 Å². The number of fused-ring (bicyclic) bond motifs is 7. The number of aliphatic hydroxyl groups excluding tert-OH is 1. The van der Waals surface area contributed by atoms with E-state index in [0.717, 1.165) is 39.9 Å². The standard InChI is InChI=1S/C38H43ClFNO5S2/c1-22(2)41-26-10-12-28(13-11-26)47-20-23-5-7-24(8-6-23)33-45-32-18-30-29-14-9-25-17-27(42)15-16-35(25,3)37(29,40)31(43)19-36(30,4)38(32,46-33)34(44)48-21-39/h5-8,10-13,15-17,22,29-33,41,43H,9,14,18-21H2,1-4H3/t29-,30-,31-,32+,33+,35-,36-,37-,38-/m0/s1. The van der Waals surface area contributed by atoms with Gasteiger partial charge in [0.15, 0.2) is 23.3 Å². The second-order valence-corrected chi connectivity index (χ2v) is 17.3. The van der Waals surface area contributed by atoms with E-state index in [1.807, 2.05) is 19.1 Å². The number of allylic oxidation sites excluding steroid dienone is 4. The van der Waals surface area contributed by atoms with E-state index in [0.29, 0.717) is 25.3 Å². The quantitative estimate of drug-likeness (QED) is 0.209. The molecule has 0 radical (unpaired) electrons. The van der Waals surface area contributed by atoms with Gasteiger partial charge in [-0.25, -0.2) is 4.39 Å². The van der Waals surface area contributed by atoms with Crippen molar-refractivity contribution in [3.63, 3.8) is 0 Å². The first kappa shape index (κ1) is 34.3. The monoisotopic (exact) mass is 711 g/mol. The number of rotatable bonds is 8. The average Bonchev–Trinajstić information content (AvgIpc) is 3.55. The average molecular weight is 712 g/mol. The van der Waals surface area contributed by atoms with Gasteiger partial charge in [0.1, 0.15) is 0 Å². The van der Waals surface area contributed by atoms with Crippen LogP contribution >= 0.6 is 35.1 Å². The van der Waals surface area contributed by atoms with Crippen molar-refractivity contribution in [1.82, 2.24) is 0 Å². The normalized spacial score (nSPS) is 38.2. The molecule has 0 bridgehead atoms. The fourth-order valence-electron chi connectivity index (χ4n) is 9.53. The lowest BCUT2D eigenvalue weighted by Crippen LogP contribution is -2.69. The number of thioether (sulfide) groups is 2. The zero-order valence-electron chi connectivity index (χ0n) is 27.7. The fourth-order valence-corrected chi connectivity index (χ4v) is 11.4. The third-order valence-electron chi connectivity index (χ3n) is 11.8. The molecule has 2 aromatic rings. The van der Waals surface area contributed by atoms with Crippen LogP contribution in [0.25, 0.3) is 0 Å². The molecule has 0 amide bonds. The van der Waals surface area contributed by atoms with Crippen molar-refractivity contribution in [2.24, 2.45) is 22.7 Å². The maximum atomic E-state index is 17.7. The van der Waals surface area contributed by atoms with Gasteiger partial charge in [-0.1, -0.05) is 54.6 Å². The smallest absolute Gasteiger partial charge is 0.225 e. The number of nitrogens with one attached hydrogen (secondary N) is 1. The molecule has 4 fully saturated rings. The van der Waals surface area contributed by atoms with Crippen molar-refractivity contribution in [2.75, 3.05) is 10.5 Å².